The summed E-state index contributed by atoms with van der Waals surface area (Å²) < 4.78 is 5.31. The number of aromatic nitrogens is 2. The van der Waals surface area contributed by atoms with Crippen molar-refractivity contribution < 1.29 is 9.32 Å². The van der Waals surface area contributed by atoms with Crippen LogP contribution in [0.1, 0.15) is 42.6 Å². The number of hydrogen-bond donors (Lipinski definition) is 2. The van der Waals surface area contributed by atoms with Gasteiger partial charge >= 0.3 is 0 Å². The van der Waals surface area contributed by atoms with Gasteiger partial charge in [-0.05, 0) is 58.0 Å². The fraction of sp³-hybridized carbons (Fsp3) is 0.286. The molecule has 0 unspecified atom stereocenters. The molecule has 0 spiro atoms. The van der Waals surface area contributed by atoms with E-state index in [2.05, 4.69) is 20.8 Å². The number of benzene rings is 2. The van der Waals surface area contributed by atoms with Crippen molar-refractivity contribution in [3.05, 3.63) is 65.5 Å². The van der Waals surface area contributed by atoms with Crippen molar-refractivity contribution in [3.63, 3.8) is 0 Å². The molecule has 6 heteroatoms. The molecule has 1 heterocycles. The SMILES string of the molecule is Cc1cccc(-c2noc(CNc3ccc(C(=O)NC(C)(C)C)cc3)n2)c1. The van der Waals surface area contributed by atoms with E-state index < -0.39 is 0 Å². The van der Waals surface area contributed by atoms with Gasteiger partial charge in [-0.1, -0.05) is 28.9 Å². The Kier molecular flexibility index (Phi) is 5.26. The summed E-state index contributed by atoms with van der Waals surface area (Å²) in [5.41, 5.74) is 3.31. The van der Waals surface area contributed by atoms with Crippen LogP contribution in [0.15, 0.2) is 53.1 Å². The zero-order chi connectivity index (χ0) is 19.4. The highest BCUT2D eigenvalue weighted by molar-refractivity contribution is 5.94. The Morgan fingerprint density at radius 3 is 2.52 bits per heavy atom. The first-order chi connectivity index (χ1) is 12.8. The normalized spacial score (nSPS) is 11.3. The van der Waals surface area contributed by atoms with Gasteiger partial charge in [0.05, 0.1) is 6.54 Å². The van der Waals surface area contributed by atoms with Gasteiger partial charge in [0.25, 0.3) is 5.91 Å². The zero-order valence-corrected chi connectivity index (χ0v) is 16.0. The fourth-order valence-electron chi connectivity index (χ4n) is 2.56. The van der Waals surface area contributed by atoms with E-state index in [0.717, 1.165) is 16.8 Å². The molecule has 140 valence electrons. The largest absolute Gasteiger partial charge is 0.376 e. The van der Waals surface area contributed by atoms with Gasteiger partial charge in [-0.2, -0.15) is 4.98 Å². The van der Waals surface area contributed by atoms with Crippen molar-refractivity contribution >= 4 is 11.6 Å². The summed E-state index contributed by atoms with van der Waals surface area (Å²) in [4.78, 5) is 16.6. The third-order valence-electron chi connectivity index (χ3n) is 3.82. The highest BCUT2D eigenvalue weighted by atomic mass is 16.5. The first-order valence-corrected chi connectivity index (χ1v) is 8.86. The van der Waals surface area contributed by atoms with Crippen molar-refractivity contribution in [2.24, 2.45) is 0 Å². The number of nitrogens with zero attached hydrogens (tertiary/aromatic N) is 2. The van der Waals surface area contributed by atoms with Crippen LogP contribution in [0.5, 0.6) is 0 Å². The Labute approximate surface area is 159 Å². The van der Waals surface area contributed by atoms with E-state index in [-0.39, 0.29) is 11.4 Å². The van der Waals surface area contributed by atoms with E-state index in [4.69, 9.17) is 4.52 Å². The first kappa shape index (κ1) is 18.6. The quantitative estimate of drug-likeness (QED) is 0.710. The average molecular weight is 364 g/mol. The number of carbonyl (C=O) groups is 1. The smallest absolute Gasteiger partial charge is 0.251 e. The second-order valence-electron chi connectivity index (χ2n) is 7.52. The Hall–Kier alpha value is -3.15. The van der Waals surface area contributed by atoms with E-state index in [1.54, 1.807) is 12.1 Å². The summed E-state index contributed by atoms with van der Waals surface area (Å²) in [6.45, 7) is 8.30. The van der Waals surface area contributed by atoms with Crippen LogP contribution in [0.3, 0.4) is 0 Å². The maximum absolute atomic E-state index is 12.1. The molecule has 3 rings (SSSR count). The van der Waals surface area contributed by atoms with Gasteiger partial charge in [0.2, 0.25) is 11.7 Å². The second-order valence-corrected chi connectivity index (χ2v) is 7.52. The van der Waals surface area contributed by atoms with Crippen LogP contribution in [-0.2, 0) is 6.54 Å². The van der Waals surface area contributed by atoms with Crippen molar-refractivity contribution in [3.8, 4) is 11.4 Å². The molecule has 0 aliphatic heterocycles. The Morgan fingerprint density at radius 1 is 1.11 bits per heavy atom. The van der Waals surface area contributed by atoms with Gasteiger partial charge in [-0.25, -0.2) is 0 Å². The van der Waals surface area contributed by atoms with Gasteiger partial charge < -0.3 is 15.2 Å². The molecule has 0 saturated heterocycles. The number of rotatable bonds is 5. The van der Waals surface area contributed by atoms with E-state index in [1.807, 2.05) is 64.1 Å². The minimum absolute atomic E-state index is 0.0891. The standard InChI is InChI=1S/C21H24N4O2/c1-14-6-5-7-16(12-14)19-23-18(27-25-19)13-22-17-10-8-15(9-11-17)20(26)24-21(2,3)4/h5-12,22H,13H2,1-4H3,(H,24,26). The Morgan fingerprint density at radius 2 is 1.85 bits per heavy atom. The Balaban J connectivity index is 1.60. The van der Waals surface area contributed by atoms with Gasteiger partial charge in [0.1, 0.15) is 0 Å². The maximum atomic E-state index is 12.1. The van der Waals surface area contributed by atoms with E-state index in [0.29, 0.717) is 23.8 Å². The van der Waals surface area contributed by atoms with Crippen molar-refractivity contribution in [2.75, 3.05) is 5.32 Å². The predicted octanol–water partition coefficient (Wildman–Crippen LogP) is 4.19. The lowest BCUT2D eigenvalue weighted by molar-refractivity contribution is 0.0919. The van der Waals surface area contributed by atoms with Crippen LogP contribution in [0, 0.1) is 6.92 Å². The molecule has 2 N–H and O–H groups in total. The van der Waals surface area contributed by atoms with Crippen LogP contribution in [-0.4, -0.2) is 21.6 Å². The number of amides is 1. The summed E-state index contributed by atoms with van der Waals surface area (Å²) >= 11 is 0. The first-order valence-electron chi connectivity index (χ1n) is 8.86. The summed E-state index contributed by atoms with van der Waals surface area (Å²) in [6.07, 6.45) is 0. The van der Waals surface area contributed by atoms with Gasteiger partial charge in [-0.15, -0.1) is 0 Å². The predicted molar refractivity (Wildman–Crippen MR) is 105 cm³/mol. The second kappa shape index (κ2) is 7.61. The minimum atomic E-state index is -0.263. The number of nitrogens with one attached hydrogen (secondary N) is 2. The molecule has 0 saturated carbocycles. The minimum Gasteiger partial charge on any atom is -0.376 e. The molecule has 27 heavy (non-hydrogen) atoms. The molecular formula is C21H24N4O2. The molecular weight excluding hydrogens is 340 g/mol. The topological polar surface area (TPSA) is 80.0 Å². The summed E-state index contributed by atoms with van der Waals surface area (Å²) in [7, 11) is 0. The molecule has 1 amide bonds. The highest BCUT2D eigenvalue weighted by Gasteiger charge is 2.15. The maximum Gasteiger partial charge on any atom is 0.251 e. The molecule has 0 bridgehead atoms. The molecule has 6 nitrogen and oxygen atoms in total. The molecule has 1 aromatic heterocycles. The molecule has 2 aromatic carbocycles. The molecule has 0 atom stereocenters. The van der Waals surface area contributed by atoms with Gasteiger partial charge in [0.15, 0.2) is 0 Å². The van der Waals surface area contributed by atoms with E-state index in [9.17, 15) is 4.79 Å². The van der Waals surface area contributed by atoms with Crippen LogP contribution in [0.25, 0.3) is 11.4 Å². The number of anilines is 1. The lowest BCUT2D eigenvalue weighted by Gasteiger charge is -2.20. The van der Waals surface area contributed by atoms with Crippen LogP contribution in [0.4, 0.5) is 5.69 Å². The van der Waals surface area contributed by atoms with Crippen molar-refractivity contribution in [2.45, 2.75) is 39.8 Å². The lowest BCUT2D eigenvalue weighted by atomic mass is 10.1. The van der Waals surface area contributed by atoms with Gasteiger partial charge in [0, 0.05) is 22.4 Å². The van der Waals surface area contributed by atoms with Crippen molar-refractivity contribution in [1.29, 1.82) is 0 Å². The molecule has 0 aliphatic rings. The van der Waals surface area contributed by atoms with Crippen LogP contribution >= 0.6 is 0 Å². The summed E-state index contributed by atoms with van der Waals surface area (Å²) in [5.74, 6) is 0.986. The number of hydrogen-bond acceptors (Lipinski definition) is 5. The van der Waals surface area contributed by atoms with E-state index >= 15 is 0 Å². The van der Waals surface area contributed by atoms with Crippen molar-refractivity contribution in [1.82, 2.24) is 15.5 Å². The molecule has 0 fully saturated rings. The third-order valence-corrected chi connectivity index (χ3v) is 3.82. The fourth-order valence-corrected chi connectivity index (χ4v) is 2.56. The summed E-state index contributed by atoms with van der Waals surface area (Å²) in [5, 5.41) is 10.2. The van der Waals surface area contributed by atoms with Crippen LogP contribution in [0.2, 0.25) is 0 Å². The summed E-state index contributed by atoms with van der Waals surface area (Å²) in [6, 6.07) is 15.3. The molecule has 3 aromatic rings. The zero-order valence-electron chi connectivity index (χ0n) is 16.0. The Bertz CT molecular complexity index is 924. The number of carbonyl (C=O) groups excluding carboxylic acids is 1. The monoisotopic (exact) mass is 364 g/mol. The van der Waals surface area contributed by atoms with Crippen LogP contribution < -0.4 is 10.6 Å². The molecule has 0 aliphatic carbocycles. The lowest BCUT2D eigenvalue weighted by Crippen LogP contribution is -2.40. The van der Waals surface area contributed by atoms with E-state index in [1.165, 1.54) is 0 Å². The van der Waals surface area contributed by atoms with Gasteiger partial charge in [-0.3, -0.25) is 4.79 Å². The average Bonchev–Trinajstić information content (AvgIpc) is 3.08. The highest BCUT2D eigenvalue weighted by Crippen LogP contribution is 2.18. The third kappa shape index (κ3) is 5.17. The molecule has 0 radical (unpaired) electrons. The number of aryl methyl sites for hydroxylation is 1.